The molecule has 3 rings (SSSR count). The van der Waals surface area contributed by atoms with E-state index in [1.54, 1.807) is 0 Å². The number of halogens is 6. The largest absolute Gasteiger partial charge is 0.417 e. The lowest BCUT2D eigenvalue weighted by Crippen LogP contribution is -2.09. The van der Waals surface area contributed by atoms with E-state index in [9.17, 15) is 26.3 Å². The van der Waals surface area contributed by atoms with Gasteiger partial charge in [-0.15, -0.1) is 0 Å². The van der Waals surface area contributed by atoms with Crippen LogP contribution < -0.4 is 0 Å². The van der Waals surface area contributed by atoms with Crippen LogP contribution in [0.25, 0.3) is 11.1 Å². The number of alkyl halides is 6. The number of fused-ring (bicyclic) bond motifs is 3. The van der Waals surface area contributed by atoms with Crippen molar-refractivity contribution in [1.29, 1.82) is 15.9 Å². The SMILES string of the molecule is N#Cc1cc2c(cc1C(F)(F)F)-c1cc(C(F)(F)F)c(C#N)cc1C2=N. The summed E-state index contributed by atoms with van der Waals surface area (Å²) in [6.45, 7) is 0. The number of nitrogens with zero attached hydrogens (tertiary/aromatic N) is 2. The second-order valence-corrected chi connectivity index (χ2v) is 5.48. The molecule has 0 radical (unpaired) electrons. The highest BCUT2D eigenvalue weighted by molar-refractivity contribution is 6.23. The summed E-state index contributed by atoms with van der Waals surface area (Å²) in [6, 6.07) is 5.58. The number of rotatable bonds is 0. The van der Waals surface area contributed by atoms with Crippen LogP contribution in [0.5, 0.6) is 0 Å². The Morgan fingerprint density at radius 3 is 1.27 bits per heavy atom. The molecule has 130 valence electrons. The molecular formula is C17H5F6N3. The van der Waals surface area contributed by atoms with Crippen LogP contribution in [0, 0.1) is 28.1 Å². The Hall–Kier alpha value is -3.33. The van der Waals surface area contributed by atoms with Crippen molar-refractivity contribution in [2.75, 3.05) is 0 Å². The molecule has 2 aromatic carbocycles. The van der Waals surface area contributed by atoms with Crippen LogP contribution >= 0.6 is 0 Å². The third-order valence-electron chi connectivity index (χ3n) is 4.00. The lowest BCUT2D eigenvalue weighted by Gasteiger charge is -2.13. The van der Waals surface area contributed by atoms with Crippen molar-refractivity contribution in [1.82, 2.24) is 0 Å². The average Bonchev–Trinajstić information content (AvgIpc) is 2.82. The zero-order valence-corrected chi connectivity index (χ0v) is 12.5. The number of benzene rings is 2. The molecule has 0 saturated heterocycles. The first-order valence-corrected chi connectivity index (χ1v) is 6.89. The van der Waals surface area contributed by atoms with E-state index in [4.69, 9.17) is 15.9 Å². The zero-order chi connectivity index (χ0) is 19.4. The van der Waals surface area contributed by atoms with Crippen molar-refractivity contribution in [3.8, 4) is 23.3 Å². The molecule has 1 N–H and O–H groups in total. The lowest BCUT2D eigenvalue weighted by atomic mass is 9.96. The molecule has 1 aliphatic carbocycles. The fourth-order valence-corrected chi connectivity index (χ4v) is 2.86. The molecule has 3 nitrogen and oxygen atoms in total. The van der Waals surface area contributed by atoms with Gasteiger partial charge in [0.05, 0.1) is 40.1 Å². The fourth-order valence-electron chi connectivity index (χ4n) is 2.86. The summed E-state index contributed by atoms with van der Waals surface area (Å²) in [5, 5.41) is 25.9. The maximum absolute atomic E-state index is 13.1. The van der Waals surface area contributed by atoms with Crippen LogP contribution in [0.4, 0.5) is 26.3 Å². The van der Waals surface area contributed by atoms with Crippen molar-refractivity contribution in [2.45, 2.75) is 12.4 Å². The number of hydrogen-bond acceptors (Lipinski definition) is 3. The van der Waals surface area contributed by atoms with Gasteiger partial charge in [-0.2, -0.15) is 36.9 Å². The van der Waals surface area contributed by atoms with Crippen LogP contribution in [-0.4, -0.2) is 5.71 Å². The average molecular weight is 365 g/mol. The molecule has 2 aromatic rings. The summed E-state index contributed by atoms with van der Waals surface area (Å²) >= 11 is 0. The predicted molar refractivity (Wildman–Crippen MR) is 77.2 cm³/mol. The Kier molecular flexibility index (Phi) is 3.59. The van der Waals surface area contributed by atoms with Crippen LogP contribution in [-0.2, 0) is 12.4 Å². The van der Waals surface area contributed by atoms with E-state index in [0.717, 1.165) is 12.1 Å². The topological polar surface area (TPSA) is 71.4 Å². The molecule has 0 atom stereocenters. The van der Waals surface area contributed by atoms with Crippen molar-refractivity contribution in [3.05, 3.63) is 57.6 Å². The standard InChI is InChI=1S/C17H5F6N3/c18-16(19,20)13-3-9-10-4-14(17(21,22)23)8(6-25)2-12(10)15(26)11(9)1-7(13)5-24/h1-4,26H. The van der Waals surface area contributed by atoms with Crippen molar-refractivity contribution in [3.63, 3.8) is 0 Å². The minimum absolute atomic E-state index is 0.0900. The van der Waals surface area contributed by atoms with E-state index >= 15 is 0 Å². The first-order valence-electron chi connectivity index (χ1n) is 6.89. The van der Waals surface area contributed by atoms with Gasteiger partial charge >= 0.3 is 12.4 Å². The van der Waals surface area contributed by atoms with Crippen LogP contribution in [0.15, 0.2) is 24.3 Å². The van der Waals surface area contributed by atoms with Gasteiger partial charge in [-0.3, -0.25) is 5.41 Å². The summed E-state index contributed by atoms with van der Waals surface area (Å²) in [6.07, 6.45) is -9.77. The Bertz CT molecular complexity index is 965. The van der Waals surface area contributed by atoms with Gasteiger partial charge in [-0.05, 0) is 35.4 Å². The van der Waals surface area contributed by atoms with Gasteiger partial charge in [0.2, 0.25) is 0 Å². The Balaban J connectivity index is 2.37. The van der Waals surface area contributed by atoms with E-state index in [-0.39, 0.29) is 28.0 Å². The molecule has 0 spiro atoms. The number of nitriles is 2. The molecule has 0 saturated carbocycles. The summed E-state index contributed by atoms with van der Waals surface area (Å²) < 4.78 is 78.8. The Labute approximate surface area is 142 Å². The highest BCUT2D eigenvalue weighted by Crippen LogP contribution is 2.45. The molecule has 0 fully saturated rings. The van der Waals surface area contributed by atoms with E-state index in [0.29, 0.717) is 12.1 Å². The molecule has 0 aromatic heterocycles. The van der Waals surface area contributed by atoms with Crippen molar-refractivity contribution in [2.24, 2.45) is 0 Å². The first kappa shape index (κ1) is 17.5. The maximum atomic E-state index is 13.1. The van der Waals surface area contributed by atoms with Gasteiger partial charge in [0.1, 0.15) is 0 Å². The van der Waals surface area contributed by atoms with Crippen LogP contribution in [0.1, 0.15) is 33.4 Å². The van der Waals surface area contributed by atoms with Crippen LogP contribution in [0.3, 0.4) is 0 Å². The zero-order valence-electron chi connectivity index (χ0n) is 12.5. The van der Waals surface area contributed by atoms with Crippen molar-refractivity contribution < 1.29 is 26.3 Å². The number of hydrogen-bond donors (Lipinski definition) is 1. The highest BCUT2D eigenvalue weighted by Gasteiger charge is 2.39. The number of nitrogens with one attached hydrogen (secondary N) is 1. The Morgan fingerprint density at radius 1 is 0.654 bits per heavy atom. The van der Waals surface area contributed by atoms with E-state index in [1.165, 1.54) is 12.1 Å². The smallest absolute Gasteiger partial charge is 0.300 e. The minimum Gasteiger partial charge on any atom is -0.300 e. The summed E-state index contributed by atoms with van der Waals surface area (Å²) in [7, 11) is 0. The fraction of sp³-hybridized carbons (Fsp3) is 0.118. The van der Waals surface area contributed by atoms with Gasteiger partial charge in [-0.25, -0.2) is 0 Å². The maximum Gasteiger partial charge on any atom is 0.417 e. The second-order valence-electron chi connectivity index (χ2n) is 5.48. The molecule has 1 aliphatic rings. The van der Waals surface area contributed by atoms with Gasteiger partial charge < -0.3 is 0 Å². The van der Waals surface area contributed by atoms with E-state index in [1.807, 2.05) is 0 Å². The third-order valence-corrected chi connectivity index (χ3v) is 4.00. The van der Waals surface area contributed by atoms with Gasteiger partial charge in [0.25, 0.3) is 0 Å². The monoisotopic (exact) mass is 365 g/mol. The Morgan fingerprint density at radius 2 is 1.00 bits per heavy atom. The molecule has 26 heavy (non-hydrogen) atoms. The second kappa shape index (κ2) is 5.33. The molecule has 9 heteroatoms. The summed E-state index contributed by atoms with van der Waals surface area (Å²) in [5.74, 6) is 0. The molecule has 0 unspecified atom stereocenters. The summed E-state index contributed by atoms with van der Waals surface area (Å²) in [5.41, 5.74) is -5.03. The lowest BCUT2D eigenvalue weighted by molar-refractivity contribution is -0.138. The predicted octanol–water partition coefficient (Wildman–Crippen LogP) is 4.86. The molecule has 0 heterocycles. The summed E-state index contributed by atoms with van der Waals surface area (Å²) in [4.78, 5) is 0. The quantitative estimate of drug-likeness (QED) is 0.578. The first-order chi connectivity index (χ1) is 12.0. The highest BCUT2D eigenvalue weighted by atomic mass is 19.4. The van der Waals surface area contributed by atoms with Gasteiger partial charge in [0.15, 0.2) is 0 Å². The minimum atomic E-state index is -4.88. The normalized spacial score (nSPS) is 13.0. The molecular weight excluding hydrogens is 360 g/mol. The molecule has 0 bridgehead atoms. The van der Waals surface area contributed by atoms with E-state index in [2.05, 4.69) is 0 Å². The molecule has 0 aliphatic heterocycles. The van der Waals surface area contributed by atoms with Gasteiger partial charge in [0, 0.05) is 11.1 Å². The van der Waals surface area contributed by atoms with E-state index < -0.39 is 34.6 Å². The van der Waals surface area contributed by atoms with Crippen molar-refractivity contribution >= 4 is 5.71 Å². The van der Waals surface area contributed by atoms with Gasteiger partial charge in [-0.1, -0.05) is 0 Å². The van der Waals surface area contributed by atoms with Crippen LogP contribution in [0.2, 0.25) is 0 Å². The third kappa shape index (κ3) is 2.49. The molecule has 0 amide bonds.